The van der Waals surface area contributed by atoms with E-state index in [0.717, 1.165) is 0 Å². The number of thiocarbonyl (C=S) groups is 1. The highest BCUT2D eigenvalue weighted by Crippen LogP contribution is 2.14. The molecule has 0 bridgehead atoms. The van der Waals surface area contributed by atoms with E-state index in [1.807, 2.05) is 0 Å². The van der Waals surface area contributed by atoms with Crippen LogP contribution in [0.3, 0.4) is 0 Å². The van der Waals surface area contributed by atoms with Gasteiger partial charge >= 0.3 is 0 Å². The van der Waals surface area contributed by atoms with Crippen LogP contribution in [0.1, 0.15) is 19.8 Å². The predicted molar refractivity (Wildman–Crippen MR) is 107 cm³/mol. The lowest BCUT2D eigenvalue weighted by atomic mass is 10.2. The molecule has 0 unspecified atom stereocenters. The van der Waals surface area contributed by atoms with Crippen LogP contribution in [-0.2, 0) is 14.4 Å². The van der Waals surface area contributed by atoms with Gasteiger partial charge in [0.15, 0.2) is 5.11 Å². The molecule has 0 spiro atoms. The Labute approximate surface area is 168 Å². The topological polar surface area (TPSA) is 93.8 Å². The van der Waals surface area contributed by atoms with Crippen molar-refractivity contribution >= 4 is 52.3 Å². The molecule has 1 aromatic rings. The standard InChI is InChI=1S/C17H22ClN5O3S/c1-12(24)22-7-9-23(10-8-22)16(26)6-5-15(25)20-21-17(27)19-14-4-2-3-13(18)11-14/h2-4,11H,5-10H2,1H3,(H,20,25)(H2,19,21,27). The van der Waals surface area contributed by atoms with E-state index in [1.165, 1.54) is 6.92 Å². The first-order valence-electron chi connectivity index (χ1n) is 8.50. The van der Waals surface area contributed by atoms with Crippen molar-refractivity contribution in [3.05, 3.63) is 29.3 Å². The Balaban J connectivity index is 1.65. The van der Waals surface area contributed by atoms with Gasteiger partial charge in [0.25, 0.3) is 0 Å². The zero-order chi connectivity index (χ0) is 19.8. The molecule has 10 heteroatoms. The van der Waals surface area contributed by atoms with Crippen LogP contribution in [-0.4, -0.2) is 58.8 Å². The summed E-state index contributed by atoms with van der Waals surface area (Å²) in [6.07, 6.45) is 0.139. The molecule has 3 N–H and O–H groups in total. The molecule has 1 saturated heterocycles. The molecule has 3 amide bonds. The smallest absolute Gasteiger partial charge is 0.238 e. The molecular weight excluding hydrogens is 390 g/mol. The lowest BCUT2D eigenvalue weighted by molar-refractivity contribution is -0.139. The van der Waals surface area contributed by atoms with E-state index >= 15 is 0 Å². The molecule has 1 fully saturated rings. The van der Waals surface area contributed by atoms with Gasteiger partial charge in [-0.25, -0.2) is 0 Å². The number of carbonyl (C=O) groups is 3. The molecule has 0 aromatic heterocycles. The van der Waals surface area contributed by atoms with Crippen molar-refractivity contribution in [2.24, 2.45) is 0 Å². The van der Waals surface area contributed by atoms with E-state index < -0.39 is 0 Å². The van der Waals surface area contributed by atoms with Crippen LogP contribution >= 0.6 is 23.8 Å². The minimum absolute atomic E-state index is 0.00917. The summed E-state index contributed by atoms with van der Waals surface area (Å²) in [6, 6.07) is 6.99. The summed E-state index contributed by atoms with van der Waals surface area (Å²) in [4.78, 5) is 38.7. The zero-order valence-corrected chi connectivity index (χ0v) is 16.5. The number of nitrogens with zero attached hydrogens (tertiary/aromatic N) is 2. The van der Waals surface area contributed by atoms with Crippen LogP contribution in [0.2, 0.25) is 5.02 Å². The van der Waals surface area contributed by atoms with E-state index in [1.54, 1.807) is 34.1 Å². The normalized spacial score (nSPS) is 13.7. The van der Waals surface area contributed by atoms with Crippen LogP contribution in [0.5, 0.6) is 0 Å². The minimum atomic E-state index is -0.346. The highest BCUT2D eigenvalue weighted by molar-refractivity contribution is 7.80. The van der Waals surface area contributed by atoms with Gasteiger partial charge in [-0.05, 0) is 30.4 Å². The van der Waals surface area contributed by atoms with Gasteiger partial charge in [-0.2, -0.15) is 0 Å². The number of hydrazine groups is 1. The fourth-order valence-corrected chi connectivity index (χ4v) is 2.93. The van der Waals surface area contributed by atoms with E-state index in [4.69, 9.17) is 23.8 Å². The lowest BCUT2D eigenvalue weighted by Crippen LogP contribution is -2.50. The van der Waals surface area contributed by atoms with Crippen molar-refractivity contribution in [2.45, 2.75) is 19.8 Å². The molecule has 146 valence electrons. The number of hydrogen-bond acceptors (Lipinski definition) is 4. The molecule has 0 saturated carbocycles. The first-order chi connectivity index (χ1) is 12.8. The van der Waals surface area contributed by atoms with E-state index in [9.17, 15) is 14.4 Å². The monoisotopic (exact) mass is 411 g/mol. The molecule has 1 heterocycles. The second kappa shape index (κ2) is 10.1. The number of halogens is 1. The summed E-state index contributed by atoms with van der Waals surface area (Å²) in [5.74, 6) is -0.441. The number of hydrogen-bond donors (Lipinski definition) is 3. The van der Waals surface area contributed by atoms with E-state index in [-0.39, 0.29) is 35.7 Å². The third-order valence-electron chi connectivity index (χ3n) is 4.04. The third kappa shape index (κ3) is 7.03. The number of amides is 3. The number of piperazine rings is 1. The maximum atomic E-state index is 12.2. The molecule has 1 aliphatic heterocycles. The van der Waals surface area contributed by atoms with Gasteiger partial charge in [-0.15, -0.1) is 0 Å². The summed E-state index contributed by atoms with van der Waals surface area (Å²) in [6.45, 7) is 3.55. The first kappa shape index (κ1) is 20.9. The number of benzene rings is 1. The van der Waals surface area contributed by atoms with Gasteiger partial charge in [-0.3, -0.25) is 25.2 Å². The van der Waals surface area contributed by atoms with Crippen LogP contribution in [0.15, 0.2) is 24.3 Å². The Hall–Kier alpha value is -2.39. The molecule has 1 aliphatic rings. The highest BCUT2D eigenvalue weighted by Gasteiger charge is 2.22. The Morgan fingerprint density at radius 2 is 1.74 bits per heavy atom. The highest BCUT2D eigenvalue weighted by atomic mass is 35.5. The maximum absolute atomic E-state index is 12.2. The summed E-state index contributed by atoms with van der Waals surface area (Å²) in [7, 11) is 0. The van der Waals surface area contributed by atoms with Crippen molar-refractivity contribution < 1.29 is 14.4 Å². The fourth-order valence-electron chi connectivity index (χ4n) is 2.57. The maximum Gasteiger partial charge on any atom is 0.238 e. The second-order valence-corrected chi connectivity index (χ2v) is 6.87. The zero-order valence-electron chi connectivity index (χ0n) is 15.0. The molecule has 0 radical (unpaired) electrons. The SMILES string of the molecule is CC(=O)N1CCN(C(=O)CCC(=O)NNC(=S)Nc2cccc(Cl)c2)CC1. The largest absolute Gasteiger partial charge is 0.339 e. The van der Waals surface area contributed by atoms with Crippen LogP contribution in [0.25, 0.3) is 0 Å². The van der Waals surface area contributed by atoms with Gasteiger partial charge in [-0.1, -0.05) is 17.7 Å². The molecule has 0 atom stereocenters. The van der Waals surface area contributed by atoms with Gasteiger partial charge in [0.1, 0.15) is 0 Å². The van der Waals surface area contributed by atoms with Crippen LogP contribution in [0, 0.1) is 0 Å². The number of rotatable bonds is 4. The quantitative estimate of drug-likeness (QED) is 0.508. The molecule has 0 aliphatic carbocycles. The molecular formula is C17H22ClN5O3S. The molecule has 1 aromatic carbocycles. The van der Waals surface area contributed by atoms with Crippen LogP contribution in [0.4, 0.5) is 5.69 Å². The van der Waals surface area contributed by atoms with Gasteiger partial charge in [0.05, 0.1) is 0 Å². The lowest BCUT2D eigenvalue weighted by Gasteiger charge is -2.34. The van der Waals surface area contributed by atoms with Gasteiger partial charge in [0.2, 0.25) is 17.7 Å². The van der Waals surface area contributed by atoms with Crippen molar-refractivity contribution in [3.8, 4) is 0 Å². The molecule has 27 heavy (non-hydrogen) atoms. The average molecular weight is 412 g/mol. The van der Waals surface area contributed by atoms with E-state index in [0.29, 0.717) is 36.9 Å². The van der Waals surface area contributed by atoms with Crippen molar-refractivity contribution in [3.63, 3.8) is 0 Å². The number of anilines is 1. The van der Waals surface area contributed by atoms with Crippen molar-refractivity contribution in [2.75, 3.05) is 31.5 Å². The number of nitrogens with one attached hydrogen (secondary N) is 3. The first-order valence-corrected chi connectivity index (χ1v) is 9.28. The van der Waals surface area contributed by atoms with Crippen LogP contribution < -0.4 is 16.2 Å². The summed E-state index contributed by atoms with van der Waals surface area (Å²) >= 11 is 11.0. The van der Waals surface area contributed by atoms with Gasteiger partial charge in [0, 0.05) is 56.7 Å². The summed E-state index contributed by atoms with van der Waals surface area (Å²) in [5, 5.41) is 3.65. The van der Waals surface area contributed by atoms with Crippen molar-refractivity contribution in [1.29, 1.82) is 0 Å². The predicted octanol–water partition coefficient (Wildman–Crippen LogP) is 1.13. The average Bonchev–Trinajstić information content (AvgIpc) is 2.64. The Morgan fingerprint density at radius 3 is 2.37 bits per heavy atom. The minimum Gasteiger partial charge on any atom is -0.339 e. The second-order valence-electron chi connectivity index (χ2n) is 6.02. The Bertz CT molecular complexity index is 722. The van der Waals surface area contributed by atoms with E-state index in [2.05, 4.69) is 16.2 Å². The third-order valence-corrected chi connectivity index (χ3v) is 4.48. The Morgan fingerprint density at radius 1 is 1.07 bits per heavy atom. The molecule has 2 rings (SSSR count). The summed E-state index contributed by atoms with van der Waals surface area (Å²) < 4.78 is 0. The van der Waals surface area contributed by atoms with Crippen molar-refractivity contribution in [1.82, 2.24) is 20.7 Å². The van der Waals surface area contributed by atoms with Gasteiger partial charge < -0.3 is 15.1 Å². The fraction of sp³-hybridized carbons (Fsp3) is 0.412. The number of carbonyl (C=O) groups excluding carboxylic acids is 3. The summed E-state index contributed by atoms with van der Waals surface area (Å²) in [5.41, 5.74) is 5.72. The Kier molecular flexibility index (Phi) is 7.81. The molecule has 8 nitrogen and oxygen atoms in total.